The zero-order chi connectivity index (χ0) is 11.3. The van der Waals surface area contributed by atoms with Crippen molar-refractivity contribution in [2.24, 2.45) is 0 Å². The highest BCUT2D eigenvalue weighted by Gasteiger charge is 2.02. The average Bonchev–Trinajstić information content (AvgIpc) is 2.14. The molecule has 0 saturated carbocycles. The van der Waals surface area contributed by atoms with E-state index in [-0.39, 0.29) is 18.5 Å². The smallest absolute Gasteiger partial charge is 0.239 e. The molecule has 1 amide bonds. The molecule has 82 valence electrons. The molecule has 15 heavy (non-hydrogen) atoms. The second-order valence-electron chi connectivity index (χ2n) is 3.52. The van der Waals surface area contributed by atoms with E-state index in [1.165, 1.54) is 0 Å². The van der Waals surface area contributed by atoms with Gasteiger partial charge in [0.15, 0.2) is 0 Å². The highest BCUT2D eigenvalue weighted by Crippen LogP contribution is 2.04. The van der Waals surface area contributed by atoms with Crippen LogP contribution >= 0.6 is 0 Å². The van der Waals surface area contributed by atoms with Crippen LogP contribution in [0.2, 0.25) is 0 Å². The lowest BCUT2D eigenvalue weighted by atomic mass is 10.4. The third-order valence-corrected chi connectivity index (χ3v) is 1.65. The van der Waals surface area contributed by atoms with Crippen molar-refractivity contribution in [1.82, 2.24) is 10.3 Å². The van der Waals surface area contributed by atoms with Crippen LogP contribution in [0.5, 0.6) is 0 Å². The molecule has 0 aliphatic heterocycles. The van der Waals surface area contributed by atoms with Gasteiger partial charge in [0.05, 0.1) is 6.54 Å². The van der Waals surface area contributed by atoms with E-state index < -0.39 is 0 Å². The number of hydrogen-bond donors (Lipinski definition) is 3. The maximum absolute atomic E-state index is 11.3. The number of carbonyl (C=O) groups excluding carboxylic acids is 1. The lowest BCUT2D eigenvalue weighted by Gasteiger charge is -2.09. The van der Waals surface area contributed by atoms with Gasteiger partial charge in [0.1, 0.15) is 11.6 Å². The summed E-state index contributed by atoms with van der Waals surface area (Å²) < 4.78 is 0. The first-order valence-electron chi connectivity index (χ1n) is 4.83. The molecule has 0 radical (unpaired) electrons. The van der Waals surface area contributed by atoms with Crippen molar-refractivity contribution in [2.75, 3.05) is 17.6 Å². The lowest BCUT2D eigenvalue weighted by molar-refractivity contribution is -0.119. The minimum atomic E-state index is -0.0609. The van der Waals surface area contributed by atoms with Crippen molar-refractivity contribution < 1.29 is 4.79 Å². The Morgan fingerprint density at radius 3 is 2.87 bits per heavy atom. The average molecular weight is 208 g/mol. The SMILES string of the molecule is CC(C)NC(=O)CNc1cccc(N)n1. The maximum atomic E-state index is 11.3. The molecule has 0 aliphatic rings. The predicted octanol–water partition coefficient (Wildman–Crippen LogP) is 0.600. The molecular weight excluding hydrogens is 192 g/mol. The van der Waals surface area contributed by atoms with Gasteiger partial charge in [0.25, 0.3) is 0 Å². The van der Waals surface area contributed by atoms with Crippen molar-refractivity contribution in [1.29, 1.82) is 0 Å². The first-order valence-corrected chi connectivity index (χ1v) is 4.83. The standard InChI is InChI=1S/C10H16N4O/c1-7(2)13-10(15)6-12-9-5-3-4-8(11)14-9/h3-5,7H,6H2,1-2H3,(H,13,15)(H3,11,12,14). The second-order valence-corrected chi connectivity index (χ2v) is 3.52. The highest BCUT2D eigenvalue weighted by molar-refractivity contribution is 5.80. The van der Waals surface area contributed by atoms with E-state index in [1.807, 2.05) is 13.8 Å². The number of nitrogens with zero attached hydrogens (tertiary/aromatic N) is 1. The fourth-order valence-corrected chi connectivity index (χ4v) is 1.09. The Labute approximate surface area is 89.1 Å². The van der Waals surface area contributed by atoms with Crippen LogP contribution in [-0.2, 0) is 4.79 Å². The zero-order valence-electron chi connectivity index (χ0n) is 8.95. The molecule has 0 aromatic carbocycles. The Morgan fingerprint density at radius 1 is 1.53 bits per heavy atom. The molecule has 0 atom stereocenters. The Bertz CT molecular complexity index is 338. The molecule has 0 aliphatic carbocycles. The molecule has 5 heteroatoms. The Balaban J connectivity index is 2.40. The van der Waals surface area contributed by atoms with E-state index in [4.69, 9.17) is 5.73 Å². The summed E-state index contributed by atoms with van der Waals surface area (Å²) in [5.41, 5.74) is 5.49. The molecule has 0 fully saturated rings. The number of anilines is 2. The Kier molecular flexibility index (Phi) is 3.91. The summed E-state index contributed by atoms with van der Waals surface area (Å²) in [6, 6.07) is 5.39. The van der Waals surface area contributed by atoms with Crippen LogP contribution < -0.4 is 16.4 Å². The molecule has 0 spiro atoms. The molecule has 5 nitrogen and oxygen atoms in total. The second kappa shape index (κ2) is 5.19. The van der Waals surface area contributed by atoms with Gasteiger partial charge in [-0.1, -0.05) is 6.07 Å². The number of nitrogens with one attached hydrogen (secondary N) is 2. The fraction of sp³-hybridized carbons (Fsp3) is 0.400. The molecule has 0 saturated heterocycles. The lowest BCUT2D eigenvalue weighted by Crippen LogP contribution is -2.34. The summed E-state index contributed by atoms with van der Waals surface area (Å²) >= 11 is 0. The van der Waals surface area contributed by atoms with Crippen LogP contribution in [0, 0.1) is 0 Å². The van der Waals surface area contributed by atoms with Crippen molar-refractivity contribution in [2.45, 2.75) is 19.9 Å². The third-order valence-electron chi connectivity index (χ3n) is 1.65. The summed E-state index contributed by atoms with van der Waals surface area (Å²) in [4.78, 5) is 15.3. The monoisotopic (exact) mass is 208 g/mol. The molecule has 1 rings (SSSR count). The van der Waals surface area contributed by atoms with Crippen LogP contribution in [0.25, 0.3) is 0 Å². The van der Waals surface area contributed by atoms with E-state index in [2.05, 4.69) is 15.6 Å². The van der Waals surface area contributed by atoms with Crippen LogP contribution in [0.15, 0.2) is 18.2 Å². The Hall–Kier alpha value is -1.78. The number of nitrogen functional groups attached to an aromatic ring is 1. The first-order chi connectivity index (χ1) is 7.08. The van der Waals surface area contributed by atoms with Crippen LogP contribution in [-0.4, -0.2) is 23.5 Å². The molecule has 4 N–H and O–H groups in total. The van der Waals surface area contributed by atoms with E-state index in [1.54, 1.807) is 18.2 Å². The molecule has 1 heterocycles. The maximum Gasteiger partial charge on any atom is 0.239 e. The van der Waals surface area contributed by atoms with E-state index in [0.29, 0.717) is 11.6 Å². The highest BCUT2D eigenvalue weighted by atomic mass is 16.1. The van der Waals surface area contributed by atoms with Crippen molar-refractivity contribution in [3.63, 3.8) is 0 Å². The number of hydrogen-bond acceptors (Lipinski definition) is 4. The van der Waals surface area contributed by atoms with Gasteiger partial charge >= 0.3 is 0 Å². The van der Waals surface area contributed by atoms with Gasteiger partial charge in [-0.15, -0.1) is 0 Å². The van der Waals surface area contributed by atoms with Gasteiger partial charge in [-0.05, 0) is 26.0 Å². The summed E-state index contributed by atoms with van der Waals surface area (Å²) in [5, 5.41) is 5.65. The van der Waals surface area contributed by atoms with Gasteiger partial charge in [0, 0.05) is 6.04 Å². The van der Waals surface area contributed by atoms with Gasteiger partial charge in [-0.3, -0.25) is 4.79 Å². The van der Waals surface area contributed by atoms with Crippen LogP contribution in [0.4, 0.5) is 11.6 Å². The van der Waals surface area contributed by atoms with E-state index >= 15 is 0 Å². The third kappa shape index (κ3) is 4.30. The number of nitrogens with two attached hydrogens (primary N) is 1. The van der Waals surface area contributed by atoms with E-state index in [0.717, 1.165) is 0 Å². The number of rotatable bonds is 4. The topological polar surface area (TPSA) is 80.0 Å². The molecular formula is C10H16N4O. The minimum Gasteiger partial charge on any atom is -0.384 e. The van der Waals surface area contributed by atoms with Gasteiger partial charge < -0.3 is 16.4 Å². The molecule has 0 bridgehead atoms. The van der Waals surface area contributed by atoms with Gasteiger partial charge in [0.2, 0.25) is 5.91 Å². The molecule has 1 aromatic rings. The number of carbonyl (C=O) groups is 1. The molecule has 0 unspecified atom stereocenters. The van der Waals surface area contributed by atoms with Crippen molar-refractivity contribution in [3.05, 3.63) is 18.2 Å². The summed E-state index contributed by atoms with van der Waals surface area (Å²) in [6.07, 6.45) is 0. The first kappa shape index (κ1) is 11.3. The quantitative estimate of drug-likeness (QED) is 0.677. The predicted molar refractivity (Wildman–Crippen MR) is 60.4 cm³/mol. The summed E-state index contributed by atoms with van der Waals surface area (Å²) in [7, 11) is 0. The molecule has 1 aromatic heterocycles. The number of pyridine rings is 1. The van der Waals surface area contributed by atoms with E-state index in [9.17, 15) is 4.79 Å². The van der Waals surface area contributed by atoms with Crippen molar-refractivity contribution >= 4 is 17.5 Å². The minimum absolute atomic E-state index is 0.0609. The normalized spacial score (nSPS) is 10.1. The van der Waals surface area contributed by atoms with Gasteiger partial charge in [-0.2, -0.15) is 0 Å². The summed E-state index contributed by atoms with van der Waals surface area (Å²) in [5.74, 6) is 0.979. The largest absolute Gasteiger partial charge is 0.384 e. The van der Waals surface area contributed by atoms with Crippen molar-refractivity contribution in [3.8, 4) is 0 Å². The van der Waals surface area contributed by atoms with Gasteiger partial charge in [-0.25, -0.2) is 4.98 Å². The fourth-order valence-electron chi connectivity index (χ4n) is 1.09. The number of aromatic nitrogens is 1. The summed E-state index contributed by atoms with van der Waals surface area (Å²) in [6.45, 7) is 4.03. The van der Waals surface area contributed by atoms with Crippen LogP contribution in [0.1, 0.15) is 13.8 Å². The van der Waals surface area contributed by atoms with Crippen LogP contribution in [0.3, 0.4) is 0 Å². The Morgan fingerprint density at radius 2 is 2.27 bits per heavy atom. The zero-order valence-corrected chi connectivity index (χ0v) is 8.95. The number of amides is 1.